The Hall–Kier alpha value is -2.18. The first kappa shape index (κ1) is 13.5. The van der Waals surface area contributed by atoms with Gasteiger partial charge in [0.15, 0.2) is 5.13 Å². The molecule has 0 aliphatic carbocycles. The van der Waals surface area contributed by atoms with E-state index in [9.17, 15) is 4.79 Å². The normalized spacial score (nSPS) is 11.3. The molecule has 0 radical (unpaired) electrons. The lowest BCUT2D eigenvalue weighted by Gasteiger charge is -2.04. The second-order valence-electron chi connectivity index (χ2n) is 4.82. The summed E-state index contributed by atoms with van der Waals surface area (Å²) >= 11 is 4.68. The second kappa shape index (κ2) is 4.93. The van der Waals surface area contributed by atoms with Crippen LogP contribution >= 0.6 is 27.3 Å². The first-order chi connectivity index (χ1) is 10.6. The Morgan fingerprint density at radius 1 is 1.14 bits per heavy atom. The van der Waals surface area contributed by atoms with Gasteiger partial charge in [0.1, 0.15) is 15.1 Å². The average Bonchev–Trinajstić information content (AvgIpc) is 2.85. The van der Waals surface area contributed by atoms with E-state index in [0.717, 1.165) is 19.9 Å². The monoisotopic (exact) mass is 372 g/mol. The Bertz CT molecular complexity index is 1080. The molecular weight excluding hydrogens is 364 g/mol. The van der Waals surface area contributed by atoms with Crippen molar-refractivity contribution in [3.8, 4) is 11.3 Å². The van der Waals surface area contributed by atoms with Crippen LogP contribution in [-0.4, -0.2) is 4.98 Å². The molecule has 0 fully saturated rings. The van der Waals surface area contributed by atoms with Crippen molar-refractivity contribution in [2.75, 3.05) is 5.73 Å². The molecule has 0 saturated carbocycles. The molecule has 0 amide bonds. The minimum Gasteiger partial charge on any atom is -0.422 e. The highest BCUT2D eigenvalue weighted by molar-refractivity contribution is 9.11. The fourth-order valence-electron chi connectivity index (χ4n) is 2.52. The quantitative estimate of drug-likeness (QED) is 0.396. The van der Waals surface area contributed by atoms with Gasteiger partial charge in [-0.25, -0.2) is 9.78 Å². The van der Waals surface area contributed by atoms with Crippen LogP contribution in [-0.2, 0) is 0 Å². The Morgan fingerprint density at radius 3 is 2.73 bits per heavy atom. The lowest BCUT2D eigenvalue weighted by Crippen LogP contribution is -2.03. The molecule has 0 aliphatic heterocycles. The molecule has 4 rings (SSSR count). The van der Waals surface area contributed by atoms with Crippen LogP contribution in [0.1, 0.15) is 0 Å². The molecule has 0 bridgehead atoms. The van der Waals surface area contributed by atoms with Crippen molar-refractivity contribution in [2.24, 2.45) is 0 Å². The zero-order chi connectivity index (χ0) is 15.3. The van der Waals surface area contributed by atoms with Gasteiger partial charge in [0.25, 0.3) is 0 Å². The molecule has 2 N–H and O–H groups in total. The van der Waals surface area contributed by atoms with Crippen LogP contribution in [0.5, 0.6) is 0 Å². The maximum atomic E-state index is 12.3. The van der Waals surface area contributed by atoms with Gasteiger partial charge in [-0.15, -0.1) is 0 Å². The van der Waals surface area contributed by atoms with Gasteiger partial charge in [0.05, 0.1) is 5.56 Å². The number of rotatable bonds is 1. The largest absolute Gasteiger partial charge is 0.422 e. The number of anilines is 1. The highest BCUT2D eigenvalue weighted by Crippen LogP contribution is 2.34. The van der Waals surface area contributed by atoms with E-state index in [-0.39, 0.29) is 0 Å². The van der Waals surface area contributed by atoms with Gasteiger partial charge < -0.3 is 10.2 Å². The third kappa shape index (κ3) is 2.03. The topological polar surface area (TPSA) is 69.1 Å². The molecule has 0 spiro atoms. The number of nitrogens with zero attached hydrogens (tertiary/aromatic N) is 1. The van der Waals surface area contributed by atoms with Gasteiger partial charge in [0, 0.05) is 5.39 Å². The number of fused-ring (bicyclic) bond motifs is 3. The minimum atomic E-state index is -0.422. The summed E-state index contributed by atoms with van der Waals surface area (Å²) in [6.45, 7) is 0. The predicted molar refractivity (Wildman–Crippen MR) is 93.2 cm³/mol. The molecule has 22 heavy (non-hydrogen) atoms. The molecule has 0 aliphatic rings. The Kier molecular flexibility index (Phi) is 3.02. The zero-order valence-corrected chi connectivity index (χ0v) is 13.6. The number of nitrogens with two attached hydrogens (primary N) is 1. The third-order valence-electron chi connectivity index (χ3n) is 3.50. The Morgan fingerprint density at radius 2 is 1.95 bits per heavy atom. The van der Waals surface area contributed by atoms with E-state index < -0.39 is 5.63 Å². The van der Waals surface area contributed by atoms with Crippen LogP contribution in [0.15, 0.2) is 55.5 Å². The fourth-order valence-corrected chi connectivity index (χ4v) is 3.89. The summed E-state index contributed by atoms with van der Waals surface area (Å²) in [6.07, 6.45) is 0. The van der Waals surface area contributed by atoms with Gasteiger partial charge in [0.2, 0.25) is 0 Å². The van der Waals surface area contributed by atoms with Crippen LogP contribution in [0.4, 0.5) is 5.13 Å². The predicted octanol–water partition coefficient (Wildman–Crippen LogP) is 4.41. The van der Waals surface area contributed by atoms with Gasteiger partial charge in [-0.2, -0.15) is 0 Å². The van der Waals surface area contributed by atoms with Crippen LogP contribution in [0.2, 0.25) is 0 Å². The Balaban J connectivity index is 2.12. The van der Waals surface area contributed by atoms with Crippen LogP contribution in [0, 0.1) is 0 Å². The van der Waals surface area contributed by atoms with Crippen molar-refractivity contribution in [1.82, 2.24) is 4.98 Å². The second-order valence-corrected chi connectivity index (χ2v) is 7.17. The molecule has 0 unspecified atom stereocenters. The van der Waals surface area contributed by atoms with E-state index in [1.165, 1.54) is 11.3 Å². The molecule has 0 saturated heterocycles. The van der Waals surface area contributed by atoms with Crippen molar-refractivity contribution >= 4 is 54.1 Å². The van der Waals surface area contributed by atoms with Crippen molar-refractivity contribution < 1.29 is 4.42 Å². The van der Waals surface area contributed by atoms with Crippen molar-refractivity contribution in [1.29, 1.82) is 0 Å². The molecule has 2 heterocycles. The first-order valence-electron chi connectivity index (χ1n) is 6.51. The molecule has 0 atom stereocenters. The minimum absolute atomic E-state index is 0.402. The lowest BCUT2D eigenvalue weighted by molar-refractivity contribution is 0.563. The number of nitrogen functional groups attached to an aromatic ring is 1. The number of hydrogen-bond acceptors (Lipinski definition) is 5. The van der Waals surface area contributed by atoms with E-state index in [1.54, 1.807) is 0 Å². The van der Waals surface area contributed by atoms with Gasteiger partial charge in [-0.1, -0.05) is 41.7 Å². The molecule has 2 aromatic heterocycles. The number of halogens is 1. The number of aromatic nitrogens is 1. The molecule has 4 aromatic rings. The third-order valence-corrected chi connectivity index (χ3v) is 5.03. The summed E-state index contributed by atoms with van der Waals surface area (Å²) in [4.78, 5) is 16.5. The summed E-state index contributed by atoms with van der Waals surface area (Å²) in [5.41, 5.74) is 6.78. The fraction of sp³-hybridized carbons (Fsp3) is 0. The zero-order valence-electron chi connectivity index (χ0n) is 11.2. The highest BCUT2D eigenvalue weighted by Gasteiger charge is 2.16. The van der Waals surface area contributed by atoms with Crippen molar-refractivity contribution in [2.45, 2.75) is 0 Å². The summed E-state index contributed by atoms with van der Waals surface area (Å²) in [5.74, 6) is 0. The smallest absolute Gasteiger partial charge is 0.345 e. The average molecular weight is 373 g/mol. The van der Waals surface area contributed by atoms with Crippen LogP contribution < -0.4 is 11.4 Å². The maximum Gasteiger partial charge on any atom is 0.345 e. The summed E-state index contributed by atoms with van der Waals surface area (Å²) in [5, 5.41) is 3.40. The maximum absolute atomic E-state index is 12.3. The van der Waals surface area contributed by atoms with Crippen LogP contribution in [0.25, 0.3) is 33.0 Å². The number of benzene rings is 2. The molecule has 4 nitrogen and oxygen atoms in total. The van der Waals surface area contributed by atoms with Crippen LogP contribution in [0.3, 0.4) is 0 Å². The highest BCUT2D eigenvalue weighted by atomic mass is 79.9. The molecular formula is C16H9BrN2O2S. The van der Waals surface area contributed by atoms with Crippen molar-refractivity contribution in [3.05, 3.63) is 56.7 Å². The molecule has 2 aromatic carbocycles. The van der Waals surface area contributed by atoms with E-state index in [2.05, 4.69) is 20.9 Å². The summed E-state index contributed by atoms with van der Waals surface area (Å²) < 4.78 is 6.19. The van der Waals surface area contributed by atoms with Crippen molar-refractivity contribution in [3.63, 3.8) is 0 Å². The van der Waals surface area contributed by atoms with Gasteiger partial charge in [-0.05, 0) is 38.8 Å². The Labute approximate surface area is 137 Å². The molecule has 108 valence electrons. The van der Waals surface area contributed by atoms with E-state index >= 15 is 0 Å². The SMILES string of the molecule is Nc1nc(-c2cc3c(ccc4ccccc43)oc2=O)c(Br)s1. The van der Waals surface area contributed by atoms with Gasteiger partial charge >= 0.3 is 5.63 Å². The summed E-state index contributed by atoms with van der Waals surface area (Å²) in [7, 11) is 0. The number of hydrogen-bond donors (Lipinski definition) is 1. The van der Waals surface area contributed by atoms with E-state index in [4.69, 9.17) is 10.2 Å². The summed E-state index contributed by atoms with van der Waals surface area (Å²) in [6, 6.07) is 13.5. The lowest BCUT2D eigenvalue weighted by atomic mass is 10.0. The van der Waals surface area contributed by atoms with E-state index in [0.29, 0.717) is 22.0 Å². The first-order valence-corrected chi connectivity index (χ1v) is 8.12. The van der Waals surface area contributed by atoms with E-state index in [1.807, 2.05) is 42.5 Å². The van der Waals surface area contributed by atoms with Gasteiger partial charge in [-0.3, -0.25) is 0 Å². The molecule has 6 heteroatoms. The number of thiazole rings is 1. The standard InChI is InChI=1S/C16H9BrN2O2S/c17-14-13(19-16(18)22-14)11-7-10-9-4-2-1-3-8(9)5-6-12(10)21-15(11)20/h1-7H,(H2,18,19).